The monoisotopic (exact) mass is 1130 g/mol. The summed E-state index contributed by atoms with van der Waals surface area (Å²) in [5.74, 6) is 0. The van der Waals surface area contributed by atoms with Crippen LogP contribution in [0.2, 0.25) is 0 Å². The van der Waals surface area contributed by atoms with Crippen LogP contribution in [0.4, 0.5) is 68.2 Å². The maximum absolute atomic E-state index is 2.65. The second-order valence-electron chi connectivity index (χ2n) is 26.4. The molecule has 0 bridgehead atoms. The van der Waals surface area contributed by atoms with Gasteiger partial charge in [0.05, 0.1) is 0 Å². The first-order valence-electron chi connectivity index (χ1n) is 31.2. The van der Waals surface area contributed by atoms with E-state index < -0.39 is 0 Å². The molecule has 0 unspecified atom stereocenters. The zero-order valence-electron chi connectivity index (χ0n) is 50.5. The Hall–Kier alpha value is -10.3. The lowest BCUT2D eigenvalue weighted by molar-refractivity contribution is 0.590. The summed E-state index contributed by atoms with van der Waals surface area (Å²) in [6.07, 6.45) is 0. The Kier molecular flexibility index (Phi) is 11.6. The lowest BCUT2D eigenvalue weighted by Crippen LogP contribution is -2.65. The van der Waals surface area contributed by atoms with Crippen LogP contribution in [0.15, 0.2) is 279 Å². The summed E-state index contributed by atoms with van der Waals surface area (Å²) >= 11 is 0. The molecule has 0 atom stereocenters. The average molecular weight is 1130 g/mol. The maximum atomic E-state index is 2.65. The van der Waals surface area contributed by atoms with Crippen LogP contribution < -0.4 is 52.4 Å². The summed E-state index contributed by atoms with van der Waals surface area (Å²) < 4.78 is 0. The number of nitrogens with zero attached hydrogens (tertiary/aromatic N) is 4. The summed E-state index contributed by atoms with van der Waals surface area (Å²) in [6.45, 7) is 14.0. The molecular weight excluding hydrogens is 1060 g/mol. The van der Waals surface area contributed by atoms with Gasteiger partial charge < -0.3 is 19.6 Å². The largest absolute Gasteiger partial charge is 0.311 e. The van der Waals surface area contributed by atoms with Gasteiger partial charge in [0, 0.05) is 68.2 Å². The standard InChI is InChI=1S/C82H64B2N4/c1-81(2,3)55-47-73-79-75(49-55)87(58-31-15-9-16-32-58)71-52-72-68(51-67(71)83(79)65-39-23-25-41-69(65)85(73)57-29-13-8-14-30-57)84-66-40-24-26-42-70(66)86(74-48-56(82(4,5)6)50-76(80(74)84)88(72)59-33-17-10-18-34-59)60-45-43-54(44-46-60)78-63-37-21-19-35-61(63)77(53-27-11-7-12-28-53)62-36-20-22-38-64(62)78/h7-52H,1-6H3. The molecule has 0 aliphatic carbocycles. The second-order valence-corrected chi connectivity index (χ2v) is 26.4. The summed E-state index contributed by atoms with van der Waals surface area (Å²) in [4.78, 5) is 10.3. The van der Waals surface area contributed by atoms with Crippen molar-refractivity contribution >= 4 is 136 Å². The van der Waals surface area contributed by atoms with Crippen molar-refractivity contribution < 1.29 is 0 Å². The van der Waals surface area contributed by atoms with Gasteiger partial charge in [-0.15, -0.1) is 0 Å². The molecule has 4 nitrogen and oxygen atoms in total. The van der Waals surface area contributed by atoms with E-state index in [1.807, 2.05) is 0 Å². The van der Waals surface area contributed by atoms with Gasteiger partial charge in [0.1, 0.15) is 0 Å². The Bertz CT molecular complexity index is 4900. The first-order chi connectivity index (χ1) is 43.0. The fourth-order valence-corrected chi connectivity index (χ4v) is 15.2. The molecule has 0 N–H and O–H groups in total. The third-order valence-electron chi connectivity index (χ3n) is 19.3. The molecule has 4 aliphatic rings. The molecule has 0 radical (unpaired) electrons. The first-order valence-corrected chi connectivity index (χ1v) is 31.2. The zero-order valence-corrected chi connectivity index (χ0v) is 50.5. The number of hydrogen-bond acceptors (Lipinski definition) is 4. The quantitative estimate of drug-likeness (QED) is 0.121. The van der Waals surface area contributed by atoms with Crippen LogP contribution in [0.1, 0.15) is 52.7 Å². The lowest BCUT2D eigenvalue weighted by atomic mass is 9.30. The van der Waals surface area contributed by atoms with Gasteiger partial charge in [-0.3, -0.25) is 0 Å². The minimum atomic E-state index is -0.182. The average Bonchev–Trinajstić information content (AvgIpc) is 0.701. The first kappa shape index (κ1) is 52.1. The number of rotatable bonds is 6. The third kappa shape index (κ3) is 7.87. The van der Waals surface area contributed by atoms with Crippen molar-refractivity contribution in [1.82, 2.24) is 0 Å². The highest BCUT2D eigenvalue weighted by Gasteiger charge is 2.49. The van der Waals surface area contributed by atoms with Gasteiger partial charge >= 0.3 is 0 Å². The van der Waals surface area contributed by atoms with Crippen molar-refractivity contribution in [2.24, 2.45) is 0 Å². The highest BCUT2D eigenvalue weighted by atomic mass is 15.2. The molecule has 4 heterocycles. The Morgan fingerprint density at radius 1 is 0.239 bits per heavy atom. The topological polar surface area (TPSA) is 13.0 Å². The molecule has 0 aromatic heterocycles. The minimum absolute atomic E-state index is 0.0672. The zero-order chi connectivity index (χ0) is 59.2. The molecule has 4 aliphatic heterocycles. The van der Waals surface area contributed by atoms with E-state index in [2.05, 4.69) is 340 Å². The fraction of sp³-hybridized carbons (Fsp3) is 0.0976. The van der Waals surface area contributed by atoms with Crippen molar-refractivity contribution in [3.63, 3.8) is 0 Å². The van der Waals surface area contributed by atoms with Crippen molar-refractivity contribution in [1.29, 1.82) is 0 Å². The summed E-state index contributed by atoms with van der Waals surface area (Å²) in [6, 6.07) is 105. The smallest absolute Gasteiger partial charge is 0.252 e. The molecular formula is C82H64B2N4. The second kappa shape index (κ2) is 19.6. The Balaban J connectivity index is 0.917. The van der Waals surface area contributed by atoms with Gasteiger partial charge in [-0.05, 0) is 190 Å². The van der Waals surface area contributed by atoms with Crippen LogP contribution in [0.3, 0.4) is 0 Å². The van der Waals surface area contributed by atoms with Crippen molar-refractivity contribution in [2.75, 3.05) is 19.6 Å². The molecule has 17 rings (SSSR count). The Morgan fingerprint density at radius 2 is 0.534 bits per heavy atom. The van der Waals surface area contributed by atoms with Gasteiger partial charge in [-0.2, -0.15) is 0 Å². The lowest BCUT2D eigenvalue weighted by Gasteiger charge is -2.48. The van der Waals surface area contributed by atoms with Crippen molar-refractivity contribution in [2.45, 2.75) is 52.4 Å². The summed E-state index contributed by atoms with van der Waals surface area (Å²) in [5.41, 5.74) is 29.2. The van der Waals surface area contributed by atoms with E-state index in [-0.39, 0.29) is 24.3 Å². The molecule has 0 saturated carbocycles. The van der Waals surface area contributed by atoms with Crippen molar-refractivity contribution in [3.8, 4) is 22.3 Å². The number of hydrogen-bond donors (Lipinski definition) is 0. The van der Waals surface area contributed by atoms with Crippen LogP contribution in [-0.4, -0.2) is 13.4 Å². The summed E-state index contributed by atoms with van der Waals surface area (Å²) in [5, 5.41) is 5.01. The highest BCUT2D eigenvalue weighted by molar-refractivity contribution is 7.03. The van der Waals surface area contributed by atoms with E-state index in [1.54, 1.807) is 0 Å². The van der Waals surface area contributed by atoms with Gasteiger partial charge in [0.15, 0.2) is 0 Å². The Morgan fingerprint density at radius 3 is 0.898 bits per heavy atom. The van der Waals surface area contributed by atoms with E-state index in [0.717, 1.165) is 22.7 Å². The van der Waals surface area contributed by atoms with Gasteiger partial charge in [0.2, 0.25) is 0 Å². The van der Waals surface area contributed by atoms with E-state index in [4.69, 9.17) is 0 Å². The van der Waals surface area contributed by atoms with Crippen LogP contribution in [0.5, 0.6) is 0 Å². The molecule has 418 valence electrons. The molecule has 0 spiro atoms. The molecule has 0 saturated heterocycles. The molecule has 6 heteroatoms. The van der Waals surface area contributed by atoms with E-state index in [9.17, 15) is 0 Å². The Labute approximate surface area is 517 Å². The minimum Gasteiger partial charge on any atom is -0.311 e. The number of anilines is 12. The number of fused-ring (bicyclic) bond motifs is 10. The predicted octanol–water partition coefficient (Wildman–Crippen LogP) is 18.1. The summed E-state index contributed by atoms with van der Waals surface area (Å²) in [7, 11) is 0. The molecule has 88 heavy (non-hydrogen) atoms. The molecule has 13 aromatic rings. The van der Waals surface area contributed by atoms with E-state index in [0.29, 0.717) is 0 Å². The number of benzene rings is 13. The molecule has 0 amide bonds. The van der Waals surface area contributed by atoms with Crippen LogP contribution in [0.25, 0.3) is 43.8 Å². The van der Waals surface area contributed by atoms with E-state index >= 15 is 0 Å². The van der Waals surface area contributed by atoms with Crippen molar-refractivity contribution in [3.05, 3.63) is 290 Å². The van der Waals surface area contributed by atoms with Crippen LogP contribution >= 0.6 is 0 Å². The van der Waals surface area contributed by atoms with Crippen LogP contribution in [-0.2, 0) is 10.8 Å². The maximum Gasteiger partial charge on any atom is 0.252 e. The normalized spacial score (nSPS) is 13.7. The van der Waals surface area contributed by atoms with E-state index in [1.165, 1.54) is 133 Å². The predicted molar refractivity (Wildman–Crippen MR) is 378 cm³/mol. The third-order valence-corrected chi connectivity index (χ3v) is 19.3. The van der Waals surface area contributed by atoms with Gasteiger partial charge in [-0.1, -0.05) is 230 Å². The molecule has 0 fully saturated rings. The highest BCUT2D eigenvalue weighted by Crippen LogP contribution is 2.51. The number of para-hydroxylation sites is 5. The fourth-order valence-electron chi connectivity index (χ4n) is 15.2. The van der Waals surface area contributed by atoms with Gasteiger partial charge in [-0.25, -0.2) is 0 Å². The SMILES string of the molecule is CC(C)(C)c1cc2c3c(c1)N(c1ccccc1)c1cc4c(cc1B3c1ccccc1N2c1ccccc1)B1c2ccccc2N(c2ccc(-c3c5ccccc5c(-c5ccccc5)c5ccccc35)cc2)c2cc(C(C)(C)C)cc(c21)N4c1ccccc1. The molecule has 13 aromatic carbocycles. The van der Waals surface area contributed by atoms with Crippen LogP contribution in [0, 0.1) is 0 Å². The van der Waals surface area contributed by atoms with Gasteiger partial charge in [0.25, 0.3) is 13.4 Å².